The zero-order chi connectivity index (χ0) is 14.3. The van der Waals surface area contributed by atoms with Crippen LogP contribution in [0.15, 0.2) is 18.2 Å². The molecule has 2 nitrogen and oxygen atoms in total. The summed E-state index contributed by atoms with van der Waals surface area (Å²) in [5.41, 5.74) is 0.560. The first-order chi connectivity index (χ1) is 9.13. The molecular formula is C15H23ClFNO. The number of likely N-dealkylation sites (N-methyl/N-ethyl adjacent to an activating group) is 1. The van der Waals surface area contributed by atoms with E-state index < -0.39 is 0 Å². The quantitative estimate of drug-likeness (QED) is 0.785. The third-order valence-electron chi connectivity index (χ3n) is 3.26. The standard InChI is InChI=1S/C15H23ClFNO/c1-4-7-15(19-5-2)14(18-3)10-11-12(16)8-6-9-13(11)17/h6,8-9,14-15,18H,4-5,7,10H2,1-3H3. The van der Waals surface area contributed by atoms with Crippen LogP contribution in [-0.4, -0.2) is 25.8 Å². The van der Waals surface area contributed by atoms with E-state index in [0.29, 0.717) is 23.6 Å². The summed E-state index contributed by atoms with van der Waals surface area (Å²) in [5, 5.41) is 3.70. The summed E-state index contributed by atoms with van der Waals surface area (Å²) in [7, 11) is 1.88. The maximum Gasteiger partial charge on any atom is 0.127 e. The third kappa shape index (κ3) is 4.75. The number of ether oxygens (including phenoxy) is 1. The Balaban J connectivity index is 2.85. The van der Waals surface area contributed by atoms with Gasteiger partial charge in [0.2, 0.25) is 0 Å². The molecule has 0 saturated heterocycles. The van der Waals surface area contributed by atoms with Crippen molar-refractivity contribution in [3.8, 4) is 0 Å². The van der Waals surface area contributed by atoms with Gasteiger partial charge in [0.1, 0.15) is 5.82 Å². The van der Waals surface area contributed by atoms with Crippen LogP contribution in [-0.2, 0) is 11.2 Å². The van der Waals surface area contributed by atoms with Crippen LogP contribution >= 0.6 is 11.6 Å². The van der Waals surface area contributed by atoms with E-state index in [2.05, 4.69) is 12.2 Å². The third-order valence-corrected chi connectivity index (χ3v) is 3.61. The van der Waals surface area contributed by atoms with Crippen molar-refractivity contribution in [3.63, 3.8) is 0 Å². The molecule has 0 radical (unpaired) electrons. The van der Waals surface area contributed by atoms with E-state index in [-0.39, 0.29) is 18.0 Å². The SMILES string of the molecule is CCCC(OCC)C(Cc1c(F)cccc1Cl)NC. The van der Waals surface area contributed by atoms with Crippen molar-refractivity contribution in [3.05, 3.63) is 34.6 Å². The van der Waals surface area contributed by atoms with Crippen LogP contribution in [0.25, 0.3) is 0 Å². The predicted molar refractivity (Wildman–Crippen MR) is 78.3 cm³/mol. The van der Waals surface area contributed by atoms with E-state index in [9.17, 15) is 4.39 Å². The minimum Gasteiger partial charge on any atom is -0.377 e. The molecule has 19 heavy (non-hydrogen) atoms. The molecule has 0 bridgehead atoms. The Morgan fingerprint density at radius 3 is 2.63 bits per heavy atom. The number of hydrogen-bond acceptors (Lipinski definition) is 2. The van der Waals surface area contributed by atoms with Crippen LogP contribution in [0.1, 0.15) is 32.3 Å². The molecule has 0 aromatic heterocycles. The highest BCUT2D eigenvalue weighted by Gasteiger charge is 2.22. The predicted octanol–water partition coefficient (Wildman–Crippen LogP) is 3.81. The van der Waals surface area contributed by atoms with Crippen LogP contribution in [0.3, 0.4) is 0 Å². The minimum absolute atomic E-state index is 0.0642. The van der Waals surface area contributed by atoms with Crippen molar-refractivity contribution >= 4 is 11.6 Å². The highest BCUT2D eigenvalue weighted by atomic mass is 35.5. The van der Waals surface area contributed by atoms with Gasteiger partial charge < -0.3 is 10.1 Å². The molecule has 0 amide bonds. The molecule has 0 spiro atoms. The molecule has 0 saturated carbocycles. The zero-order valence-electron chi connectivity index (χ0n) is 11.9. The Kier molecular flexibility index (Phi) is 7.36. The van der Waals surface area contributed by atoms with Gasteiger partial charge in [0.05, 0.1) is 6.10 Å². The number of rotatable bonds is 8. The van der Waals surface area contributed by atoms with Gasteiger partial charge in [-0.05, 0) is 38.9 Å². The van der Waals surface area contributed by atoms with Gasteiger partial charge in [-0.15, -0.1) is 0 Å². The molecule has 0 aliphatic carbocycles. The minimum atomic E-state index is -0.250. The first-order valence-electron chi connectivity index (χ1n) is 6.85. The molecule has 4 heteroatoms. The van der Waals surface area contributed by atoms with Gasteiger partial charge in [0.15, 0.2) is 0 Å². The number of halogens is 2. The van der Waals surface area contributed by atoms with Crippen molar-refractivity contribution < 1.29 is 9.13 Å². The van der Waals surface area contributed by atoms with E-state index in [1.165, 1.54) is 6.07 Å². The Labute approximate surface area is 120 Å². The van der Waals surface area contributed by atoms with Gasteiger partial charge in [-0.1, -0.05) is 31.0 Å². The largest absolute Gasteiger partial charge is 0.377 e. The molecule has 108 valence electrons. The van der Waals surface area contributed by atoms with E-state index in [1.54, 1.807) is 12.1 Å². The Hall–Kier alpha value is -0.640. The van der Waals surface area contributed by atoms with Crippen LogP contribution < -0.4 is 5.32 Å². The smallest absolute Gasteiger partial charge is 0.127 e. The molecule has 1 aromatic carbocycles. The molecule has 0 fully saturated rings. The number of nitrogens with one attached hydrogen (secondary N) is 1. The summed E-state index contributed by atoms with van der Waals surface area (Å²) >= 11 is 6.08. The van der Waals surface area contributed by atoms with Crippen LogP contribution in [0.4, 0.5) is 4.39 Å². The lowest BCUT2D eigenvalue weighted by Gasteiger charge is -2.27. The van der Waals surface area contributed by atoms with Crippen molar-refractivity contribution in [2.24, 2.45) is 0 Å². The maximum absolute atomic E-state index is 13.8. The lowest BCUT2D eigenvalue weighted by molar-refractivity contribution is 0.0299. The lowest BCUT2D eigenvalue weighted by atomic mass is 9.98. The lowest BCUT2D eigenvalue weighted by Crippen LogP contribution is -2.41. The summed E-state index contributed by atoms with van der Waals surface area (Å²) in [4.78, 5) is 0. The molecule has 1 rings (SSSR count). The van der Waals surface area contributed by atoms with Crippen molar-refractivity contribution in [1.29, 1.82) is 0 Å². The zero-order valence-corrected chi connectivity index (χ0v) is 12.6. The summed E-state index contributed by atoms with van der Waals surface area (Å²) in [6, 6.07) is 4.86. The van der Waals surface area contributed by atoms with Crippen LogP contribution in [0, 0.1) is 5.82 Å². The average molecular weight is 288 g/mol. The normalized spacial score (nSPS) is 14.4. The molecule has 2 unspecified atom stereocenters. The summed E-state index contributed by atoms with van der Waals surface area (Å²) in [6.45, 7) is 4.76. The van der Waals surface area contributed by atoms with E-state index in [4.69, 9.17) is 16.3 Å². The van der Waals surface area contributed by atoms with Crippen molar-refractivity contribution in [2.45, 2.75) is 45.3 Å². The van der Waals surface area contributed by atoms with Gasteiger partial charge in [-0.3, -0.25) is 0 Å². The second kappa shape index (κ2) is 8.51. The Morgan fingerprint density at radius 2 is 2.11 bits per heavy atom. The van der Waals surface area contributed by atoms with Gasteiger partial charge in [0.25, 0.3) is 0 Å². The van der Waals surface area contributed by atoms with Gasteiger partial charge >= 0.3 is 0 Å². The van der Waals surface area contributed by atoms with Gasteiger partial charge in [-0.25, -0.2) is 4.39 Å². The molecule has 1 aromatic rings. The van der Waals surface area contributed by atoms with Gasteiger partial charge in [0, 0.05) is 23.2 Å². The molecule has 0 aliphatic heterocycles. The Morgan fingerprint density at radius 1 is 1.37 bits per heavy atom. The topological polar surface area (TPSA) is 21.3 Å². The molecule has 0 heterocycles. The second-order valence-corrected chi connectivity index (χ2v) is 4.99. The fourth-order valence-corrected chi connectivity index (χ4v) is 2.51. The maximum atomic E-state index is 13.8. The molecular weight excluding hydrogens is 265 g/mol. The van der Waals surface area contributed by atoms with Crippen molar-refractivity contribution in [2.75, 3.05) is 13.7 Å². The first-order valence-corrected chi connectivity index (χ1v) is 7.23. The highest BCUT2D eigenvalue weighted by molar-refractivity contribution is 6.31. The fraction of sp³-hybridized carbons (Fsp3) is 0.600. The number of benzene rings is 1. The van der Waals surface area contributed by atoms with E-state index >= 15 is 0 Å². The monoisotopic (exact) mass is 287 g/mol. The Bertz CT molecular complexity index is 360. The highest BCUT2D eigenvalue weighted by Crippen LogP contribution is 2.22. The van der Waals surface area contributed by atoms with Crippen molar-refractivity contribution in [1.82, 2.24) is 5.32 Å². The van der Waals surface area contributed by atoms with E-state index in [1.807, 2.05) is 14.0 Å². The molecule has 1 N–H and O–H groups in total. The van der Waals surface area contributed by atoms with Crippen LogP contribution in [0.2, 0.25) is 5.02 Å². The average Bonchev–Trinajstić information content (AvgIpc) is 2.38. The molecule has 0 aliphatic rings. The second-order valence-electron chi connectivity index (χ2n) is 4.58. The fourth-order valence-electron chi connectivity index (χ4n) is 2.27. The van der Waals surface area contributed by atoms with Crippen LogP contribution in [0.5, 0.6) is 0 Å². The molecule has 2 atom stereocenters. The first kappa shape index (κ1) is 16.4. The summed E-state index contributed by atoms with van der Waals surface area (Å²) in [6.07, 6.45) is 2.60. The van der Waals surface area contributed by atoms with Gasteiger partial charge in [-0.2, -0.15) is 0 Å². The summed E-state index contributed by atoms with van der Waals surface area (Å²) < 4.78 is 19.6. The number of hydrogen-bond donors (Lipinski definition) is 1. The van der Waals surface area contributed by atoms with E-state index in [0.717, 1.165) is 12.8 Å². The summed E-state index contributed by atoms with van der Waals surface area (Å²) in [5.74, 6) is -0.250.